The Morgan fingerprint density at radius 2 is 1.50 bits per heavy atom. The highest BCUT2D eigenvalue weighted by Gasteiger charge is 2.28. The molecule has 0 spiro atoms. The van der Waals surface area contributed by atoms with Crippen LogP contribution in [0.2, 0.25) is 0 Å². The average molecular weight is 702 g/mol. The molecule has 6 N–H and O–H groups in total. The monoisotopic (exact) mass is 701 g/mol. The first-order valence-electron chi connectivity index (χ1n) is 15.4. The molecule has 48 heavy (non-hydrogen) atoms. The standard InChI is InChI=1S/C33H43N5O8S2/c1-22(21-47)36-18-29(41)38-19-30(42)37-17-28(40)32(35-15-3-13-34-14-4-16-39)25-7-5-24(6-8-25)31-27(20-46-33(31)43)23-9-11-26(12-10-23)48(2,44)45/h5-12,32,34-36,39,47H,1,3-4,13-21H2,2H3,(H,37,42)(H,38,41). The summed E-state index contributed by atoms with van der Waals surface area (Å²) in [7, 11) is -3.38. The molecule has 15 heteroatoms. The van der Waals surface area contributed by atoms with E-state index in [4.69, 9.17) is 9.84 Å². The van der Waals surface area contributed by atoms with Crippen molar-refractivity contribution in [3.05, 3.63) is 77.5 Å². The SMILES string of the molecule is C=C(CS)NCC(=O)NCC(=O)NCC(=O)C(NCCCNCCCO)c1ccc(C2=C(c3ccc(S(C)(=O)=O)cc3)COC2=O)cc1. The summed E-state index contributed by atoms with van der Waals surface area (Å²) in [6.07, 6.45) is 2.46. The molecule has 1 aliphatic rings. The number of cyclic esters (lactones) is 1. The number of benzene rings is 2. The van der Waals surface area contributed by atoms with Crippen LogP contribution in [0.15, 0.2) is 65.7 Å². The molecule has 2 aromatic carbocycles. The van der Waals surface area contributed by atoms with Crippen LogP contribution in [0.4, 0.5) is 0 Å². The number of amides is 2. The lowest BCUT2D eigenvalue weighted by Crippen LogP contribution is -2.43. The zero-order valence-electron chi connectivity index (χ0n) is 26.8. The second kappa shape index (κ2) is 19.1. The zero-order chi connectivity index (χ0) is 35.1. The van der Waals surface area contributed by atoms with E-state index in [-0.39, 0.29) is 43.5 Å². The Kier molecular flexibility index (Phi) is 15.3. The Morgan fingerprint density at radius 1 is 0.896 bits per heavy atom. The van der Waals surface area contributed by atoms with Crippen LogP contribution in [-0.4, -0.2) is 102 Å². The Labute approximate surface area is 286 Å². The highest BCUT2D eigenvalue weighted by molar-refractivity contribution is 7.90. The number of rotatable bonds is 21. The second-order valence-electron chi connectivity index (χ2n) is 11.1. The van der Waals surface area contributed by atoms with Crippen LogP contribution in [0.1, 0.15) is 35.6 Å². The average Bonchev–Trinajstić information content (AvgIpc) is 3.47. The van der Waals surface area contributed by atoms with Crippen molar-refractivity contribution >= 4 is 57.2 Å². The number of thiol groups is 1. The number of hydrogen-bond donors (Lipinski definition) is 7. The fraction of sp³-hybridized carbons (Fsp3) is 0.394. The molecule has 2 aromatic rings. The van der Waals surface area contributed by atoms with Crippen LogP contribution in [0.3, 0.4) is 0 Å². The van der Waals surface area contributed by atoms with Crippen molar-refractivity contribution in [1.29, 1.82) is 0 Å². The Bertz CT molecular complexity index is 1590. The van der Waals surface area contributed by atoms with Gasteiger partial charge in [-0.3, -0.25) is 14.4 Å². The summed E-state index contributed by atoms with van der Waals surface area (Å²) >= 11 is 4.05. The first-order chi connectivity index (χ1) is 22.9. The van der Waals surface area contributed by atoms with Gasteiger partial charge in [-0.05, 0) is 61.3 Å². The fourth-order valence-electron chi connectivity index (χ4n) is 4.73. The minimum Gasteiger partial charge on any atom is -0.457 e. The van der Waals surface area contributed by atoms with Gasteiger partial charge in [-0.15, -0.1) is 0 Å². The number of aliphatic hydroxyl groups is 1. The number of ketones is 1. The molecule has 0 aromatic heterocycles. The molecule has 1 aliphatic heterocycles. The lowest BCUT2D eigenvalue weighted by molar-refractivity contribution is -0.134. The van der Waals surface area contributed by atoms with Crippen molar-refractivity contribution < 1.29 is 37.4 Å². The van der Waals surface area contributed by atoms with Gasteiger partial charge in [-0.25, -0.2) is 13.2 Å². The molecule has 0 radical (unpaired) electrons. The third kappa shape index (κ3) is 11.9. The minimum atomic E-state index is -3.38. The van der Waals surface area contributed by atoms with Crippen molar-refractivity contribution in [1.82, 2.24) is 26.6 Å². The predicted octanol–water partition coefficient (Wildman–Crippen LogP) is 0.385. The highest BCUT2D eigenvalue weighted by atomic mass is 32.2. The van der Waals surface area contributed by atoms with E-state index in [2.05, 4.69) is 45.8 Å². The van der Waals surface area contributed by atoms with E-state index in [1.165, 1.54) is 12.1 Å². The van der Waals surface area contributed by atoms with E-state index in [0.717, 1.165) is 6.26 Å². The van der Waals surface area contributed by atoms with Crippen molar-refractivity contribution in [3.63, 3.8) is 0 Å². The number of esters is 1. The predicted molar refractivity (Wildman–Crippen MR) is 186 cm³/mol. The van der Waals surface area contributed by atoms with Gasteiger partial charge < -0.3 is 36.4 Å². The molecular weight excluding hydrogens is 659 g/mol. The molecule has 0 saturated heterocycles. The number of ether oxygens (including phenoxy) is 1. The summed E-state index contributed by atoms with van der Waals surface area (Å²) in [5, 5.41) is 23.2. The van der Waals surface area contributed by atoms with Crippen molar-refractivity contribution in [2.24, 2.45) is 0 Å². The fourth-order valence-corrected chi connectivity index (χ4v) is 5.47. The molecule has 0 fully saturated rings. The van der Waals surface area contributed by atoms with Crippen LogP contribution >= 0.6 is 12.6 Å². The van der Waals surface area contributed by atoms with E-state index in [1.54, 1.807) is 36.4 Å². The largest absolute Gasteiger partial charge is 0.457 e. The number of Topliss-reactive ketones (excluding diaryl/α,β-unsaturated/α-hetero) is 1. The summed E-state index contributed by atoms with van der Waals surface area (Å²) in [6.45, 7) is 4.98. The van der Waals surface area contributed by atoms with Crippen molar-refractivity contribution in [2.45, 2.75) is 23.8 Å². The van der Waals surface area contributed by atoms with Gasteiger partial charge in [0, 0.05) is 29.9 Å². The number of carbonyl (C=O) groups excluding carboxylic acids is 4. The van der Waals surface area contributed by atoms with Gasteiger partial charge in [0.15, 0.2) is 15.6 Å². The smallest absolute Gasteiger partial charge is 0.339 e. The van der Waals surface area contributed by atoms with Crippen LogP contribution in [0.5, 0.6) is 0 Å². The lowest BCUT2D eigenvalue weighted by Gasteiger charge is -2.19. The number of nitrogens with one attached hydrogen (secondary N) is 5. The van der Waals surface area contributed by atoms with E-state index < -0.39 is 33.7 Å². The molecule has 0 saturated carbocycles. The van der Waals surface area contributed by atoms with E-state index in [9.17, 15) is 27.6 Å². The molecule has 0 bridgehead atoms. The summed E-state index contributed by atoms with van der Waals surface area (Å²) in [4.78, 5) is 50.6. The Hall–Kier alpha value is -4.02. The van der Waals surface area contributed by atoms with Crippen LogP contribution in [0, 0.1) is 0 Å². The number of carbonyl (C=O) groups is 4. The van der Waals surface area contributed by atoms with Gasteiger partial charge in [0.1, 0.15) is 6.61 Å². The molecule has 13 nitrogen and oxygen atoms in total. The van der Waals surface area contributed by atoms with Gasteiger partial charge >= 0.3 is 5.97 Å². The normalized spacial score (nSPS) is 13.5. The van der Waals surface area contributed by atoms with E-state index in [1.807, 2.05) is 0 Å². The Balaban J connectivity index is 1.72. The lowest BCUT2D eigenvalue weighted by atomic mass is 9.94. The molecular formula is C33H43N5O8S2. The summed E-state index contributed by atoms with van der Waals surface area (Å²) < 4.78 is 29.1. The molecule has 260 valence electrons. The van der Waals surface area contributed by atoms with Gasteiger partial charge in [-0.2, -0.15) is 12.6 Å². The molecule has 3 rings (SSSR count). The topological polar surface area (TPSA) is 192 Å². The summed E-state index contributed by atoms with van der Waals surface area (Å²) in [5.74, 6) is -1.41. The second-order valence-corrected chi connectivity index (χ2v) is 13.4. The maximum atomic E-state index is 13.4. The van der Waals surface area contributed by atoms with Gasteiger partial charge in [0.05, 0.1) is 36.1 Å². The third-order valence-corrected chi connectivity index (χ3v) is 8.84. The van der Waals surface area contributed by atoms with E-state index >= 15 is 0 Å². The van der Waals surface area contributed by atoms with Crippen molar-refractivity contribution in [3.8, 4) is 0 Å². The van der Waals surface area contributed by atoms with E-state index in [0.29, 0.717) is 71.8 Å². The maximum absolute atomic E-state index is 13.4. The summed E-state index contributed by atoms with van der Waals surface area (Å²) in [6, 6.07) is 12.3. The quantitative estimate of drug-likeness (QED) is 0.0541. The highest BCUT2D eigenvalue weighted by Crippen LogP contribution is 2.34. The van der Waals surface area contributed by atoms with Gasteiger partial charge in [0.2, 0.25) is 11.8 Å². The number of sulfone groups is 1. The number of aliphatic hydroxyl groups excluding tert-OH is 1. The molecule has 1 atom stereocenters. The molecule has 0 aliphatic carbocycles. The van der Waals surface area contributed by atoms with Gasteiger partial charge in [-0.1, -0.05) is 43.0 Å². The summed E-state index contributed by atoms with van der Waals surface area (Å²) in [5.41, 5.74) is 3.36. The number of hydrogen-bond acceptors (Lipinski definition) is 12. The maximum Gasteiger partial charge on any atom is 0.339 e. The van der Waals surface area contributed by atoms with Crippen molar-refractivity contribution in [2.75, 3.05) is 64.5 Å². The van der Waals surface area contributed by atoms with Gasteiger partial charge in [0.25, 0.3) is 0 Å². The third-order valence-electron chi connectivity index (χ3n) is 7.33. The van der Waals surface area contributed by atoms with Crippen LogP contribution in [-0.2, 0) is 33.8 Å². The first-order valence-corrected chi connectivity index (χ1v) is 17.9. The van der Waals surface area contributed by atoms with Crippen LogP contribution < -0.4 is 26.6 Å². The van der Waals surface area contributed by atoms with Crippen LogP contribution in [0.25, 0.3) is 11.1 Å². The first kappa shape index (κ1) is 38.4. The zero-order valence-corrected chi connectivity index (χ0v) is 28.6. The molecule has 1 unspecified atom stereocenters. The Morgan fingerprint density at radius 3 is 2.12 bits per heavy atom. The molecule has 2 amide bonds. The minimum absolute atomic E-state index is 0.0325. The molecule has 1 heterocycles.